The normalized spacial score (nSPS) is 15.8. The molecule has 1 fully saturated rings. The van der Waals surface area contributed by atoms with Crippen molar-refractivity contribution >= 4 is 29.1 Å². The SMILES string of the molecule is O=C(CNC(=O)C1CCOCC1)Nc1ccc(Cl)c(C(F)(F)F)c1. The molecule has 1 heterocycles. The van der Waals surface area contributed by atoms with Gasteiger partial charge in [0.1, 0.15) is 0 Å². The lowest BCUT2D eigenvalue weighted by Gasteiger charge is -2.21. The summed E-state index contributed by atoms with van der Waals surface area (Å²) in [6.45, 7) is 0.671. The van der Waals surface area contributed by atoms with Crippen molar-refractivity contribution in [2.24, 2.45) is 5.92 Å². The number of carbonyl (C=O) groups excluding carboxylic acids is 2. The number of hydrogen-bond acceptors (Lipinski definition) is 3. The number of ether oxygens (including phenoxy) is 1. The number of carbonyl (C=O) groups is 2. The van der Waals surface area contributed by atoms with E-state index >= 15 is 0 Å². The Morgan fingerprint density at radius 1 is 1.25 bits per heavy atom. The Labute approximate surface area is 141 Å². The minimum Gasteiger partial charge on any atom is -0.381 e. The van der Waals surface area contributed by atoms with E-state index < -0.39 is 22.7 Å². The molecule has 24 heavy (non-hydrogen) atoms. The number of rotatable bonds is 4. The first-order chi connectivity index (χ1) is 11.3. The highest BCUT2D eigenvalue weighted by Gasteiger charge is 2.33. The molecule has 2 rings (SSSR count). The lowest BCUT2D eigenvalue weighted by atomic mass is 9.99. The molecule has 132 valence electrons. The Morgan fingerprint density at radius 2 is 1.92 bits per heavy atom. The zero-order valence-corrected chi connectivity index (χ0v) is 13.3. The molecule has 0 saturated carbocycles. The molecular weight excluding hydrogens is 349 g/mol. The number of benzene rings is 1. The molecule has 0 radical (unpaired) electrons. The number of nitrogens with one attached hydrogen (secondary N) is 2. The van der Waals surface area contributed by atoms with Crippen molar-refractivity contribution in [2.45, 2.75) is 19.0 Å². The maximum atomic E-state index is 12.8. The van der Waals surface area contributed by atoms with Crippen LogP contribution in [0.15, 0.2) is 18.2 Å². The van der Waals surface area contributed by atoms with Crippen LogP contribution < -0.4 is 10.6 Å². The van der Waals surface area contributed by atoms with Gasteiger partial charge in [-0.3, -0.25) is 9.59 Å². The van der Waals surface area contributed by atoms with Crippen LogP contribution in [0.2, 0.25) is 5.02 Å². The Morgan fingerprint density at radius 3 is 2.54 bits per heavy atom. The lowest BCUT2D eigenvalue weighted by molar-refractivity contribution is -0.137. The van der Waals surface area contributed by atoms with E-state index in [0.29, 0.717) is 26.1 Å². The fraction of sp³-hybridized carbons (Fsp3) is 0.467. The van der Waals surface area contributed by atoms with Crippen molar-refractivity contribution < 1.29 is 27.5 Å². The maximum Gasteiger partial charge on any atom is 0.417 e. The summed E-state index contributed by atoms with van der Waals surface area (Å²) < 4.78 is 43.4. The molecule has 5 nitrogen and oxygen atoms in total. The van der Waals surface area contributed by atoms with Gasteiger partial charge in [0.15, 0.2) is 0 Å². The third-order valence-electron chi connectivity index (χ3n) is 3.57. The molecular formula is C15H16ClF3N2O3. The first kappa shape index (κ1) is 18.5. The van der Waals surface area contributed by atoms with Gasteiger partial charge in [-0.1, -0.05) is 11.6 Å². The van der Waals surface area contributed by atoms with Gasteiger partial charge in [-0.15, -0.1) is 0 Å². The van der Waals surface area contributed by atoms with Crippen molar-refractivity contribution in [3.05, 3.63) is 28.8 Å². The summed E-state index contributed by atoms with van der Waals surface area (Å²) in [7, 11) is 0. The van der Waals surface area contributed by atoms with E-state index in [4.69, 9.17) is 16.3 Å². The highest BCUT2D eigenvalue weighted by molar-refractivity contribution is 6.31. The first-order valence-corrected chi connectivity index (χ1v) is 7.67. The van der Waals surface area contributed by atoms with Gasteiger partial charge in [0, 0.05) is 24.8 Å². The average Bonchev–Trinajstić information content (AvgIpc) is 2.54. The van der Waals surface area contributed by atoms with Crippen LogP contribution in [-0.4, -0.2) is 31.6 Å². The summed E-state index contributed by atoms with van der Waals surface area (Å²) >= 11 is 5.51. The second-order valence-corrected chi connectivity index (χ2v) is 5.75. The summed E-state index contributed by atoms with van der Waals surface area (Å²) in [6.07, 6.45) is -3.45. The van der Waals surface area contributed by atoms with Crippen LogP contribution in [0.3, 0.4) is 0 Å². The van der Waals surface area contributed by atoms with Crippen LogP contribution in [0.4, 0.5) is 18.9 Å². The molecule has 0 atom stereocenters. The Bertz CT molecular complexity index is 616. The van der Waals surface area contributed by atoms with Gasteiger partial charge in [0.25, 0.3) is 0 Å². The van der Waals surface area contributed by atoms with Crippen LogP contribution >= 0.6 is 11.6 Å². The number of amides is 2. The van der Waals surface area contributed by atoms with E-state index in [1.165, 1.54) is 6.07 Å². The molecule has 0 bridgehead atoms. The average molecular weight is 365 g/mol. The van der Waals surface area contributed by atoms with Crippen LogP contribution in [0.25, 0.3) is 0 Å². The third kappa shape index (κ3) is 5.10. The van der Waals surface area contributed by atoms with Crippen LogP contribution in [0.5, 0.6) is 0 Å². The summed E-state index contributed by atoms with van der Waals surface area (Å²) in [4.78, 5) is 23.7. The minimum atomic E-state index is -4.62. The van der Waals surface area contributed by atoms with Gasteiger partial charge in [-0.2, -0.15) is 13.2 Å². The number of hydrogen-bond donors (Lipinski definition) is 2. The van der Waals surface area contributed by atoms with Gasteiger partial charge in [0.05, 0.1) is 17.1 Å². The van der Waals surface area contributed by atoms with Crippen molar-refractivity contribution in [1.82, 2.24) is 5.32 Å². The molecule has 2 N–H and O–H groups in total. The zero-order chi connectivity index (χ0) is 17.7. The van der Waals surface area contributed by atoms with Gasteiger partial charge < -0.3 is 15.4 Å². The summed E-state index contributed by atoms with van der Waals surface area (Å²) in [5, 5.41) is 4.33. The first-order valence-electron chi connectivity index (χ1n) is 7.29. The van der Waals surface area contributed by atoms with E-state index in [1.807, 2.05) is 0 Å². The quantitative estimate of drug-likeness (QED) is 0.863. The third-order valence-corrected chi connectivity index (χ3v) is 3.90. The molecule has 0 aromatic heterocycles. The molecule has 1 aliphatic heterocycles. The Hall–Kier alpha value is -1.80. The van der Waals surface area contributed by atoms with Crippen LogP contribution in [-0.2, 0) is 20.5 Å². The molecule has 0 unspecified atom stereocenters. The van der Waals surface area contributed by atoms with E-state index in [-0.39, 0.29) is 24.1 Å². The summed E-state index contributed by atoms with van der Waals surface area (Å²) in [5.74, 6) is -1.09. The van der Waals surface area contributed by atoms with Gasteiger partial charge in [0.2, 0.25) is 11.8 Å². The van der Waals surface area contributed by atoms with E-state index in [2.05, 4.69) is 10.6 Å². The van der Waals surface area contributed by atoms with Crippen LogP contribution in [0, 0.1) is 5.92 Å². The highest BCUT2D eigenvalue weighted by Crippen LogP contribution is 2.36. The molecule has 1 saturated heterocycles. The smallest absolute Gasteiger partial charge is 0.381 e. The number of alkyl halides is 3. The molecule has 1 aromatic rings. The summed E-state index contributed by atoms with van der Waals surface area (Å²) in [6, 6.07) is 3.07. The molecule has 0 aliphatic carbocycles. The number of anilines is 1. The second kappa shape index (κ2) is 7.85. The molecule has 0 spiro atoms. The maximum absolute atomic E-state index is 12.8. The fourth-order valence-corrected chi connectivity index (χ4v) is 2.52. The molecule has 2 amide bonds. The van der Waals surface area contributed by atoms with Crippen LogP contribution in [0.1, 0.15) is 18.4 Å². The molecule has 1 aliphatic rings. The lowest BCUT2D eigenvalue weighted by Crippen LogP contribution is -2.38. The predicted molar refractivity (Wildman–Crippen MR) is 81.6 cm³/mol. The van der Waals surface area contributed by atoms with E-state index in [1.54, 1.807) is 0 Å². The van der Waals surface area contributed by atoms with Crippen molar-refractivity contribution in [1.29, 1.82) is 0 Å². The zero-order valence-electron chi connectivity index (χ0n) is 12.6. The molecule has 9 heteroatoms. The standard InChI is InChI=1S/C15H16ClF3N2O3/c16-12-2-1-10(7-11(12)15(17,18)19)21-13(22)8-20-14(23)9-3-5-24-6-4-9/h1-2,7,9H,3-6,8H2,(H,20,23)(H,21,22). The fourth-order valence-electron chi connectivity index (χ4n) is 2.30. The predicted octanol–water partition coefficient (Wildman–Crippen LogP) is 2.84. The minimum absolute atomic E-state index is 0.0444. The van der Waals surface area contributed by atoms with E-state index in [0.717, 1.165) is 12.1 Å². The topological polar surface area (TPSA) is 67.4 Å². The summed E-state index contributed by atoms with van der Waals surface area (Å²) in [5.41, 5.74) is -1.08. The highest BCUT2D eigenvalue weighted by atomic mass is 35.5. The monoisotopic (exact) mass is 364 g/mol. The number of halogens is 4. The van der Waals surface area contributed by atoms with Gasteiger partial charge in [-0.05, 0) is 31.0 Å². The van der Waals surface area contributed by atoms with Crippen molar-refractivity contribution in [3.63, 3.8) is 0 Å². The van der Waals surface area contributed by atoms with Gasteiger partial charge in [-0.25, -0.2) is 0 Å². The Kier molecular flexibility index (Phi) is 6.06. The van der Waals surface area contributed by atoms with Crippen molar-refractivity contribution in [2.75, 3.05) is 25.1 Å². The largest absolute Gasteiger partial charge is 0.417 e. The second-order valence-electron chi connectivity index (χ2n) is 5.35. The Balaban J connectivity index is 1.89. The van der Waals surface area contributed by atoms with Gasteiger partial charge >= 0.3 is 6.18 Å². The molecule has 1 aromatic carbocycles. The van der Waals surface area contributed by atoms with E-state index in [9.17, 15) is 22.8 Å². The van der Waals surface area contributed by atoms with Crippen molar-refractivity contribution in [3.8, 4) is 0 Å².